The van der Waals surface area contributed by atoms with Crippen molar-refractivity contribution in [2.24, 2.45) is 0 Å². The monoisotopic (exact) mass is 919 g/mol. The lowest BCUT2D eigenvalue weighted by Gasteiger charge is -2.24. The molecular formula is C58H48N10O2. The van der Waals surface area contributed by atoms with Crippen LogP contribution in [0.1, 0.15) is 4.11 Å². The van der Waals surface area contributed by atoms with Crippen molar-refractivity contribution in [3.63, 3.8) is 0 Å². The summed E-state index contributed by atoms with van der Waals surface area (Å²) in [4.78, 5) is 26.7. The second kappa shape index (κ2) is 16.9. The Balaban J connectivity index is 0.712. The minimum absolute atomic E-state index is 0.204. The zero-order valence-corrected chi connectivity index (χ0v) is 38.2. The highest BCUT2D eigenvalue weighted by molar-refractivity contribution is 5.88. The van der Waals surface area contributed by atoms with Gasteiger partial charge < -0.3 is 48.7 Å². The normalized spacial score (nSPS) is 15.4. The van der Waals surface area contributed by atoms with Crippen molar-refractivity contribution >= 4 is 79.9 Å². The Hall–Kier alpha value is -9.16. The molecule has 12 nitrogen and oxygen atoms in total. The van der Waals surface area contributed by atoms with E-state index in [2.05, 4.69) is 127 Å². The van der Waals surface area contributed by atoms with Gasteiger partial charge in [0.2, 0.25) is 0 Å². The van der Waals surface area contributed by atoms with Gasteiger partial charge >= 0.3 is 0 Å². The highest BCUT2D eigenvalue weighted by Crippen LogP contribution is 2.48. The van der Waals surface area contributed by atoms with Crippen LogP contribution < -0.4 is 48.7 Å². The number of nitrogens with zero attached hydrogens (tertiary/aromatic N) is 10. The van der Waals surface area contributed by atoms with E-state index in [1.165, 1.54) is 16.3 Å². The standard InChI is InChI=1S/C58H48N10O2/c1-61-37-63(53-23-5-3-21-51(53)61)43-13-7-17-47(33-43)69-49-19-9-15-45(35-49)65-39-67(57-55(65)25-11-31-59-57)41-27-29-42(30-28-41)68-40-66(56-26-12-32-60-58(56)68)46-16-10-20-50(36-46)70-48-18-8-14-44(34-48)64-38-62(2)52-22-4-6-24-54(52)64/h3-36H,37-40H2,1-2H3/i1D3. The number of pyridine rings is 2. The van der Waals surface area contributed by atoms with Gasteiger partial charge in [-0.15, -0.1) is 0 Å². The van der Waals surface area contributed by atoms with Gasteiger partial charge in [0.05, 0.1) is 47.5 Å². The van der Waals surface area contributed by atoms with Crippen LogP contribution in [0.2, 0.25) is 0 Å². The zero-order valence-electron chi connectivity index (χ0n) is 41.2. The molecule has 0 aliphatic carbocycles. The van der Waals surface area contributed by atoms with Gasteiger partial charge in [-0.25, -0.2) is 9.97 Å². The maximum absolute atomic E-state index is 8.14. The third-order valence-electron chi connectivity index (χ3n) is 13.3. The summed E-state index contributed by atoms with van der Waals surface area (Å²) in [6.45, 7) is -0.205. The first-order valence-corrected chi connectivity index (χ1v) is 23.3. The van der Waals surface area contributed by atoms with Gasteiger partial charge in [-0.05, 0) is 121 Å². The maximum atomic E-state index is 8.14. The summed E-state index contributed by atoms with van der Waals surface area (Å²) in [6, 6.07) is 65.1. The van der Waals surface area contributed by atoms with Crippen LogP contribution in [0, 0.1) is 0 Å². The van der Waals surface area contributed by atoms with E-state index in [1.807, 2.05) is 120 Å². The SMILES string of the molecule is [2H]C([2H])([2H])N1CN(c2cccc(Oc3cccc(N4CN(c5ccc(N6CN(c7cccc(Oc8cccc(N9CN(C)c%10ccccc%109)c8)c7)c7cccnc76)cc5)c5ncccc54)c3)c2)c2ccccc21. The van der Waals surface area contributed by atoms with E-state index >= 15 is 0 Å². The third kappa shape index (κ3) is 7.24. The molecule has 4 aliphatic heterocycles. The summed E-state index contributed by atoms with van der Waals surface area (Å²) in [5.74, 6) is 4.56. The quantitative estimate of drug-likeness (QED) is 0.131. The Bertz CT molecular complexity index is 3540. The van der Waals surface area contributed by atoms with E-state index in [-0.39, 0.29) is 6.67 Å². The second-order valence-corrected chi connectivity index (χ2v) is 17.6. The van der Waals surface area contributed by atoms with E-state index in [9.17, 15) is 0 Å². The number of hydrogen-bond acceptors (Lipinski definition) is 12. The van der Waals surface area contributed by atoms with Gasteiger partial charge in [-0.3, -0.25) is 0 Å². The molecule has 0 amide bonds. The molecule has 13 rings (SSSR count). The largest absolute Gasteiger partial charge is 0.457 e. The van der Waals surface area contributed by atoms with Crippen LogP contribution >= 0.6 is 0 Å². The van der Waals surface area contributed by atoms with Crippen molar-refractivity contribution in [3.8, 4) is 23.0 Å². The molecule has 0 atom stereocenters. The minimum Gasteiger partial charge on any atom is -0.457 e. The fraction of sp³-hybridized carbons (Fsp3) is 0.103. The number of para-hydroxylation sites is 4. The molecule has 342 valence electrons. The van der Waals surface area contributed by atoms with Crippen LogP contribution in [-0.2, 0) is 0 Å². The molecule has 0 spiro atoms. The van der Waals surface area contributed by atoms with E-state index < -0.39 is 6.98 Å². The zero-order chi connectivity index (χ0) is 49.2. The van der Waals surface area contributed by atoms with Crippen molar-refractivity contribution in [2.75, 3.05) is 79.9 Å². The van der Waals surface area contributed by atoms with Gasteiger partial charge in [0.15, 0.2) is 11.6 Å². The number of ether oxygens (including phenoxy) is 2. The van der Waals surface area contributed by atoms with Crippen LogP contribution in [-0.4, -0.2) is 50.7 Å². The molecule has 0 saturated heterocycles. The number of benzene rings is 7. The van der Waals surface area contributed by atoms with Crippen molar-refractivity contribution in [1.82, 2.24) is 9.97 Å². The number of aromatic nitrogens is 2. The lowest BCUT2D eigenvalue weighted by molar-refractivity contribution is 0.482. The predicted molar refractivity (Wildman–Crippen MR) is 283 cm³/mol. The van der Waals surface area contributed by atoms with Gasteiger partial charge in [0.1, 0.15) is 36.3 Å². The molecule has 0 radical (unpaired) electrons. The highest BCUT2D eigenvalue weighted by Gasteiger charge is 2.33. The molecule has 6 heterocycles. The molecule has 0 N–H and O–H groups in total. The topological polar surface area (TPSA) is 70.2 Å². The summed E-state index contributed by atoms with van der Waals surface area (Å²) in [5, 5.41) is 0. The van der Waals surface area contributed by atoms with Crippen molar-refractivity contribution in [3.05, 3.63) is 207 Å². The van der Waals surface area contributed by atoms with Gasteiger partial charge in [-0.2, -0.15) is 0 Å². The van der Waals surface area contributed by atoms with Crippen LogP contribution in [0.5, 0.6) is 23.0 Å². The Kier molecular flexibility index (Phi) is 9.12. The van der Waals surface area contributed by atoms with Crippen LogP contribution in [0.15, 0.2) is 207 Å². The van der Waals surface area contributed by atoms with Crippen molar-refractivity contribution in [2.45, 2.75) is 0 Å². The Morgan fingerprint density at radius 1 is 0.343 bits per heavy atom. The first-order chi connectivity index (χ1) is 35.7. The smallest absolute Gasteiger partial charge is 0.158 e. The van der Waals surface area contributed by atoms with Crippen molar-refractivity contribution < 1.29 is 13.6 Å². The molecule has 2 aromatic heterocycles. The molecule has 4 aliphatic rings. The first kappa shape index (κ1) is 37.9. The average molecular weight is 920 g/mol. The summed E-state index contributed by atoms with van der Waals surface area (Å²) in [7, 11) is 2.12. The van der Waals surface area contributed by atoms with E-state index in [1.54, 1.807) is 0 Å². The Morgan fingerprint density at radius 2 is 0.700 bits per heavy atom. The van der Waals surface area contributed by atoms with Crippen LogP contribution in [0.25, 0.3) is 0 Å². The summed E-state index contributed by atoms with van der Waals surface area (Å²) in [5.41, 5.74) is 11.8. The van der Waals surface area contributed by atoms with Crippen LogP contribution in [0.3, 0.4) is 0 Å². The molecular weight excluding hydrogens is 869 g/mol. The highest BCUT2D eigenvalue weighted by atomic mass is 16.5. The number of fused-ring (bicyclic) bond motifs is 4. The minimum atomic E-state index is -2.27. The van der Waals surface area contributed by atoms with Gasteiger partial charge in [0.25, 0.3) is 0 Å². The second-order valence-electron chi connectivity index (χ2n) is 17.6. The van der Waals surface area contributed by atoms with Gasteiger partial charge in [-0.1, -0.05) is 48.5 Å². The molecule has 0 unspecified atom stereocenters. The molecule has 0 saturated carbocycles. The first-order valence-electron chi connectivity index (χ1n) is 24.8. The lowest BCUT2D eigenvalue weighted by Crippen LogP contribution is -2.25. The maximum Gasteiger partial charge on any atom is 0.158 e. The summed E-state index contributed by atoms with van der Waals surface area (Å²) >= 11 is 0. The van der Waals surface area contributed by atoms with Crippen molar-refractivity contribution in [1.29, 1.82) is 0 Å². The number of hydrogen-bond donors (Lipinski definition) is 0. The summed E-state index contributed by atoms with van der Waals surface area (Å²) < 4.78 is 37.5. The summed E-state index contributed by atoms with van der Waals surface area (Å²) in [6.07, 6.45) is 3.67. The van der Waals surface area contributed by atoms with E-state index in [0.717, 1.165) is 81.0 Å². The molecule has 7 aromatic carbocycles. The molecule has 12 heteroatoms. The van der Waals surface area contributed by atoms with Gasteiger partial charge in [0, 0.05) is 88.9 Å². The molecule has 70 heavy (non-hydrogen) atoms. The molecule has 0 bridgehead atoms. The fourth-order valence-corrected chi connectivity index (χ4v) is 10.0. The van der Waals surface area contributed by atoms with Crippen LogP contribution in [0.4, 0.5) is 79.9 Å². The van der Waals surface area contributed by atoms with E-state index in [4.69, 9.17) is 23.6 Å². The predicted octanol–water partition coefficient (Wildman–Crippen LogP) is 13.6. The number of anilines is 14. The third-order valence-corrected chi connectivity index (χ3v) is 13.3. The Labute approximate surface area is 411 Å². The average Bonchev–Trinajstić information content (AvgIpc) is 4.20. The Morgan fingerprint density at radius 3 is 1.11 bits per heavy atom. The molecule has 9 aromatic rings. The van der Waals surface area contributed by atoms with E-state index in [0.29, 0.717) is 30.5 Å². The fourth-order valence-electron chi connectivity index (χ4n) is 10.0. The molecule has 0 fully saturated rings. The lowest BCUT2D eigenvalue weighted by atomic mass is 10.2. The number of rotatable bonds is 10.